The molecule has 9 rings (SSSR count). The van der Waals surface area contributed by atoms with Crippen LogP contribution in [0.5, 0.6) is 5.75 Å². The number of fused-ring (bicyclic) bond motifs is 6. The molecule has 0 aliphatic rings. The van der Waals surface area contributed by atoms with Crippen molar-refractivity contribution in [2.45, 2.75) is 26.2 Å². The van der Waals surface area contributed by atoms with Crippen molar-refractivity contribution in [2.75, 3.05) is 7.11 Å². The van der Waals surface area contributed by atoms with Gasteiger partial charge in [0, 0.05) is 33.3 Å². The maximum absolute atomic E-state index is 5.65. The summed E-state index contributed by atoms with van der Waals surface area (Å²) in [5.41, 5.74) is 10.1. The van der Waals surface area contributed by atoms with Crippen LogP contribution in [0.1, 0.15) is 26.3 Å². The first kappa shape index (κ1) is 32.7. The number of methoxy groups -OCH3 is 1. The predicted octanol–water partition coefficient (Wildman–Crippen LogP) is 10.9. The molecule has 0 atom stereocenters. The summed E-state index contributed by atoms with van der Waals surface area (Å²) in [6.45, 7) is 6.70. The maximum atomic E-state index is 5.65. The van der Waals surface area contributed by atoms with Crippen LogP contribution in [0.15, 0.2) is 134 Å². The number of ether oxygens (including phenoxy) is 1. The Morgan fingerprint density at radius 1 is 0.667 bits per heavy atom. The van der Waals surface area contributed by atoms with Crippen molar-refractivity contribution in [1.82, 2.24) is 19.1 Å². The minimum Gasteiger partial charge on any atom is -0.497 e. The molecule has 0 aliphatic heterocycles. The van der Waals surface area contributed by atoms with Crippen LogP contribution < -0.4 is 4.74 Å². The molecule has 0 aliphatic carbocycles. The third-order valence-electron chi connectivity index (χ3n) is 9.65. The third-order valence-corrected chi connectivity index (χ3v) is 9.65. The molecular weight excluding hydrogens is 808 g/mol. The Bertz CT molecular complexity index is 2720. The molecule has 0 unspecified atom stereocenters. The molecule has 250 valence electrons. The Morgan fingerprint density at radius 2 is 1.31 bits per heavy atom. The molecule has 9 aromatic rings. The number of aromatic nitrogens is 4. The van der Waals surface area contributed by atoms with Gasteiger partial charge in [-0.3, -0.25) is 4.57 Å². The van der Waals surface area contributed by atoms with Gasteiger partial charge in [-0.25, -0.2) is 21.1 Å². The SMILES string of the molecule is COc1ccc(-c2c3c4ccccc4n(-c4[c-]c(-c5[c-]cccc5)ccc4)c3nc3c2c2ccccc2n3-c2cc(C(C)(C)C)ccn2)cc1.[Pt+2]. The maximum Gasteiger partial charge on any atom is 2.00 e. The van der Waals surface area contributed by atoms with Crippen molar-refractivity contribution in [2.24, 2.45) is 0 Å². The number of hydrogen-bond donors (Lipinski definition) is 0. The Kier molecular flexibility index (Phi) is 8.12. The van der Waals surface area contributed by atoms with E-state index in [1.807, 2.05) is 36.5 Å². The van der Waals surface area contributed by atoms with Crippen LogP contribution in [0.2, 0.25) is 0 Å². The molecule has 4 aromatic heterocycles. The van der Waals surface area contributed by atoms with Crippen molar-refractivity contribution in [3.63, 3.8) is 0 Å². The third kappa shape index (κ3) is 5.35. The molecule has 0 N–H and O–H groups in total. The summed E-state index contributed by atoms with van der Waals surface area (Å²) < 4.78 is 10.1. The van der Waals surface area contributed by atoms with Crippen LogP contribution in [0, 0.1) is 12.1 Å². The normalized spacial score (nSPS) is 11.8. The molecule has 51 heavy (non-hydrogen) atoms. The summed E-state index contributed by atoms with van der Waals surface area (Å²) in [4.78, 5) is 10.6. The van der Waals surface area contributed by atoms with Gasteiger partial charge in [-0.15, -0.1) is 12.1 Å². The fraction of sp³-hybridized carbons (Fsp3) is 0.111. The fourth-order valence-electron chi connectivity index (χ4n) is 7.22. The van der Waals surface area contributed by atoms with Crippen LogP contribution in [0.3, 0.4) is 0 Å². The molecule has 6 heteroatoms. The van der Waals surface area contributed by atoms with Gasteiger partial charge in [0.25, 0.3) is 0 Å². The quantitative estimate of drug-likeness (QED) is 0.162. The molecule has 4 heterocycles. The van der Waals surface area contributed by atoms with Gasteiger partial charge < -0.3 is 9.30 Å². The molecule has 0 spiro atoms. The number of benzene rings is 5. The van der Waals surface area contributed by atoms with E-state index in [4.69, 9.17) is 14.7 Å². The minimum absolute atomic E-state index is 0. The van der Waals surface area contributed by atoms with Gasteiger partial charge in [0.05, 0.1) is 18.1 Å². The smallest absolute Gasteiger partial charge is 0.497 e. The monoisotopic (exact) mass is 841 g/mol. The van der Waals surface area contributed by atoms with E-state index in [1.165, 1.54) is 5.56 Å². The van der Waals surface area contributed by atoms with Gasteiger partial charge in [0.15, 0.2) is 0 Å². The van der Waals surface area contributed by atoms with E-state index in [1.54, 1.807) is 7.11 Å². The molecule has 0 saturated carbocycles. The van der Waals surface area contributed by atoms with Crippen LogP contribution in [-0.2, 0) is 26.5 Å². The number of pyridine rings is 2. The Balaban J connectivity index is 0.00000374. The first-order chi connectivity index (χ1) is 24.4. The van der Waals surface area contributed by atoms with E-state index < -0.39 is 0 Å². The second-order valence-corrected chi connectivity index (χ2v) is 13.7. The van der Waals surface area contributed by atoms with Crippen molar-refractivity contribution >= 4 is 43.9 Å². The number of para-hydroxylation sites is 2. The minimum atomic E-state index is -0.0468. The number of hydrogen-bond acceptors (Lipinski definition) is 3. The average molecular weight is 842 g/mol. The van der Waals surface area contributed by atoms with Crippen molar-refractivity contribution in [3.05, 3.63) is 151 Å². The molecule has 0 radical (unpaired) electrons. The van der Waals surface area contributed by atoms with Gasteiger partial charge in [-0.2, -0.15) is 42.5 Å². The Labute approximate surface area is 311 Å². The number of nitrogens with zero attached hydrogens (tertiary/aromatic N) is 4. The summed E-state index contributed by atoms with van der Waals surface area (Å²) in [6.07, 6.45) is 1.91. The largest absolute Gasteiger partial charge is 2.00 e. The zero-order valence-corrected chi connectivity index (χ0v) is 31.0. The summed E-state index contributed by atoms with van der Waals surface area (Å²) in [5.74, 6) is 1.65. The first-order valence-electron chi connectivity index (χ1n) is 16.9. The molecule has 5 nitrogen and oxygen atoms in total. The van der Waals surface area contributed by atoms with Gasteiger partial charge >= 0.3 is 21.1 Å². The molecule has 5 aromatic carbocycles. The number of rotatable bonds is 5. The van der Waals surface area contributed by atoms with E-state index in [-0.39, 0.29) is 26.5 Å². The van der Waals surface area contributed by atoms with E-state index in [0.717, 1.165) is 83.4 Å². The first-order valence-corrected chi connectivity index (χ1v) is 16.9. The predicted molar refractivity (Wildman–Crippen MR) is 205 cm³/mol. The van der Waals surface area contributed by atoms with Gasteiger partial charge in [0.2, 0.25) is 0 Å². The zero-order valence-electron chi connectivity index (χ0n) is 28.7. The average Bonchev–Trinajstić information content (AvgIpc) is 3.67. The van der Waals surface area contributed by atoms with Crippen LogP contribution in [-0.4, -0.2) is 26.2 Å². The van der Waals surface area contributed by atoms with Crippen LogP contribution in [0.4, 0.5) is 0 Å². The van der Waals surface area contributed by atoms with E-state index in [0.29, 0.717) is 0 Å². The van der Waals surface area contributed by atoms with E-state index >= 15 is 0 Å². The topological polar surface area (TPSA) is 44.9 Å². The Hall–Kier alpha value is -5.51. The summed E-state index contributed by atoms with van der Waals surface area (Å²) >= 11 is 0. The summed E-state index contributed by atoms with van der Waals surface area (Å²) in [6, 6.07) is 51.3. The molecule has 0 amide bonds. The molecule has 0 saturated heterocycles. The van der Waals surface area contributed by atoms with Crippen molar-refractivity contribution in [1.29, 1.82) is 0 Å². The molecule has 0 bridgehead atoms. The summed E-state index contributed by atoms with van der Waals surface area (Å²) in [7, 11) is 1.70. The summed E-state index contributed by atoms with van der Waals surface area (Å²) in [5, 5.41) is 4.41. The van der Waals surface area contributed by atoms with E-state index in [2.05, 4.69) is 139 Å². The van der Waals surface area contributed by atoms with Gasteiger partial charge in [-0.1, -0.05) is 69.3 Å². The fourth-order valence-corrected chi connectivity index (χ4v) is 7.22. The van der Waals surface area contributed by atoms with Gasteiger partial charge in [0.1, 0.15) is 22.9 Å². The zero-order chi connectivity index (χ0) is 34.0. The van der Waals surface area contributed by atoms with Crippen molar-refractivity contribution < 1.29 is 25.8 Å². The molecular formula is C45H34N4OPt. The second kappa shape index (κ2) is 12.7. The standard InChI is InChI=1S/C45H34N4O.Pt/c1-45(2,3)32-25-26-46-39(28-32)49-38-20-11-9-18-36(38)42-40(30-21-23-34(50-4)24-22-30)41-35-17-8-10-19-37(35)48(43(41)47-44(42)49)33-16-12-15-31(27-33)29-13-6-5-7-14-29;/h5-13,15-26,28H,1-4H3;/q-2;+2. The van der Waals surface area contributed by atoms with Gasteiger partial charge in [-0.05, 0) is 58.6 Å². The van der Waals surface area contributed by atoms with Crippen molar-refractivity contribution in [3.8, 4) is 39.5 Å². The molecule has 0 fully saturated rings. The van der Waals surface area contributed by atoms with E-state index in [9.17, 15) is 0 Å². The van der Waals surface area contributed by atoms with Crippen LogP contribution in [0.25, 0.3) is 77.6 Å². The van der Waals surface area contributed by atoms with Crippen LogP contribution >= 0.6 is 0 Å². The Morgan fingerprint density at radius 3 is 1.98 bits per heavy atom. The second-order valence-electron chi connectivity index (χ2n) is 13.7.